The van der Waals surface area contributed by atoms with E-state index >= 15 is 0 Å². The molecule has 1 aliphatic heterocycles. The first-order chi connectivity index (χ1) is 9.41. The molecule has 2 rings (SSSR count). The molecule has 0 aromatic heterocycles. The van der Waals surface area contributed by atoms with Crippen LogP contribution in [0, 0.1) is 23.7 Å². The van der Waals surface area contributed by atoms with E-state index in [-0.39, 0.29) is 23.7 Å². The van der Waals surface area contributed by atoms with E-state index in [2.05, 4.69) is 27.7 Å². The van der Waals surface area contributed by atoms with Crippen molar-refractivity contribution in [1.29, 1.82) is 0 Å². The molecule has 2 aliphatic rings. The molecule has 1 heterocycles. The van der Waals surface area contributed by atoms with Crippen LogP contribution in [-0.4, -0.2) is 36.6 Å². The van der Waals surface area contributed by atoms with E-state index in [1.807, 2.05) is 0 Å². The van der Waals surface area contributed by atoms with Gasteiger partial charge in [-0.1, -0.05) is 47.0 Å². The first kappa shape index (κ1) is 16.3. The number of ether oxygens (including phenoxy) is 2. The van der Waals surface area contributed by atoms with E-state index in [1.165, 1.54) is 19.3 Å². The molecule has 6 atom stereocenters. The van der Waals surface area contributed by atoms with Crippen LogP contribution >= 0.6 is 0 Å². The summed E-state index contributed by atoms with van der Waals surface area (Å²) in [5, 5.41) is 10.4. The van der Waals surface area contributed by atoms with Gasteiger partial charge < -0.3 is 14.6 Å². The quantitative estimate of drug-likeness (QED) is 0.761. The maximum Gasteiger partial charge on any atom is 0.0976 e. The number of hydrogen-bond acceptors (Lipinski definition) is 3. The normalized spacial score (nSPS) is 42.1. The van der Waals surface area contributed by atoms with Gasteiger partial charge in [0, 0.05) is 13.0 Å². The minimum absolute atomic E-state index is 0.00340. The first-order valence-corrected chi connectivity index (χ1v) is 8.26. The van der Waals surface area contributed by atoms with Crippen LogP contribution in [0.2, 0.25) is 0 Å². The Morgan fingerprint density at radius 3 is 2.45 bits per heavy atom. The van der Waals surface area contributed by atoms with Gasteiger partial charge in [0.25, 0.3) is 0 Å². The molecule has 0 radical (unpaired) electrons. The highest BCUT2D eigenvalue weighted by molar-refractivity contribution is 5.09. The summed E-state index contributed by atoms with van der Waals surface area (Å²) < 4.78 is 11.5. The molecular weight excluding hydrogens is 252 g/mol. The van der Waals surface area contributed by atoms with Gasteiger partial charge in [-0.25, -0.2) is 0 Å². The average Bonchev–Trinajstić information content (AvgIpc) is 3.13. The largest absolute Gasteiger partial charge is 0.390 e. The highest BCUT2D eigenvalue weighted by atomic mass is 16.6. The Hall–Kier alpha value is -0.120. The monoisotopic (exact) mass is 284 g/mol. The highest BCUT2D eigenvalue weighted by Gasteiger charge is 2.61. The zero-order valence-electron chi connectivity index (χ0n) is 13.8. The number of aliphatic hydroxyl groups is 1. The first-order valence-electron chi connectivity index (χ1n) is 8.26. The van der Waals surface area contributed by atoms with Crippen molar-refractivity contribution in [3.63, 3.8) is 0 Å². The predicted molar refractivity (Wildman–Crippen MR) is 80.6 cm³/mol. The van der Waals surface area contributed by atoms with Gasteiger partial charge >= 0.3 is 0 Å². The van der Waals surface area contributed by atoms with E-state index in [9.17, 15) is 5.11 Å². The smallest absolute Gasteiger partial charge is 0.0976 e. The maximum absolute atomic E-state index is 10.4. The van der Waals surface area contributed by atoms with Crippen LogP contribution in [0.25, 0.3) is 0 Å². The summed E-state index contributed by atoms with van der Waals surface area (Å²) in [5.74, 6) is 1.92. The minimum atomic E-state index is -0.354. The Morgan fingerprint density at radius 1 is 1.30 bits per heavy atom. The summed E-state index contributed by atoms with van der Waals surface area (Å²) >= 11 is 0. The summed E-state index contributed by atoms with van der Waals surface area (Å²) in [6.07, 6.45) is 4.29. The van der Waals surface area contributed by atoms with Gasteiger partial charge in [0.2, 0.25) is 0 Å². The lowest BCUT2D eigenvalue weighted by atomic mass is 9.65. The highest BCUT2D eigenvalue weighted by Crippen LogP contribution is 2.52. The molecule has 118 valence electrons. The Morgan fingerprint density at radius 2 is 1.95 bits per heavy atom. The zero-order valence-corrected chi connectivity index (χ0v) is 13.8. The molecule has 0 amide bonds. The van der Waals surface area contributed by atoms with Crippen LogP contribution in [0.3, 0.4) is 0 Å². The van der Waals surface area contributed by atoms with E-state index in [0.717, 1.165) is 18.9 Å². The maximum atomic E-state index is 10.4. The minimum Gasteiger partial charge on any atom is -0.390 e. The van der Waals surface area contributed by atoms with Crippen molar-refractivity contribution >= 4 is 0 Å². The standard InChI is InChI=1S/C17H32O3/c1-11(2)7-6-8-12(3)14-16(19-5)15(18)13(4)9-17(14)10-20-17/h11-16,18H,6-10H2,1-5H3/t12-,13+,14-,15+,16-,17-/m0/s1. The van der Waals surface area contributed by atoms with Crippen molar-refractivity contribution < 1.29 is 14.6 Å². The predicted octanol–water partition coefficient (Wildman–Crippen LogP) is 3.25. The lowest BCUT2D eigenvalue weighted by molar-refractivity contribution is -0.134. The van der Waals surface area contributed by atoms with Crippen LogP contribution in [0.1, 0.15) is 53.4 Å². The van der Waals surface area contributed by atoms with E-state index in [1.54, 1.807) is 7.11 Å². The summed E-state index contributed by atoms with van der Waals surface area (Å²) in [6, 6.07) is 0. The lowest BCUT2D eigenvalue weighted by Gasteiger charge is -2.45. The molecule has 20 heavy (non-hydrogen) atoms. The SMILES string of the molecule is CO[C@@H]1[C@H](O)[C@H](C)C[C@]2(CO2)[C@H]1[C@@H](C)CCCC(C)C. The van der Waals surface area contributed by atoms with E-state index in [4.69, 9.17) is 9.47 Å². The van der Waals surface area contributed by atoms with Gasteiger partial charge in [0.05, 0.1) is 24.4 Å². The van der Waals surface area contributed by atoms with Crippen molar-refractivity contribution in [3.05, 3.63) is 0 Å². The number of epoxide rings is 1. The number of hydrogen-bond donors (Lipinski definition) is 1. The van der Waals surface area contributed by atoms with Gasteiger partial charge in [-0.3, -0.25) is 0 Å². The second-order valence-corrected chi connectivity index (χ2v) is 7.55. The summed E-state index contributed by atoms with van der Waals surface area (Å²) in [7, 11) is 1.73. The van der Waals surface area contributed by atoms with Crippen molar-refractivity contribution in [2.24, 2.45) is 23.7 Å². The third-order valence-corrected chi connectivity index (χ3v) is 5.39. The van der Waals surface area contributed by atoms with Gasteiger partial charge in [0.15, 0.2) is 0 Å². The molecule has 3 nitrogen and oxygen atoms in total. The zero-order chi connectivity index (χ0) is 14.9. The summed E-state index contributed by atoms with van der Waals surface area (Å²) in [5.41, 5.74) is -0.00340. The fourth-order valence-corrected chi connectivity index (χ4v) is 4.20. The average molecular weight is 284 g/mol. The third kappa shape index (κ3) is 3.20. The molecule has 0 aromatic rings. The van der Waals surface area contributed by atoms with Gasteiger partial charge in [0.1, 0.15) is 0 Å². The third-order valence-electron chi connectivity index (χ3n) is 5.39. The molecule has 1 saturated carbocycles. The fraction of sp³-hybridized carbons (Fsp3) is 1.00. The molecule has 0 aromatic carbocycles. The van der Waals surface area contributed by atoms with Crippen LogP contribution in [-0.2, 0) is 9.47 Å². The molecular formula is C17H32O3. The summed E-state index contributed by atoms with van der Waals surface area (Å²) in [6.45, 7) is 9.83. The van der Waals surface area contributed by atoms with Crippen molar-refractivity contribution in [1.82, 2.24) is 0 Å². The molecule has 0 bridgehead atoms. The molecule has 1 N–H and O–H groups in total. The van der Waals surface area contributed by atoms with Crippen molar-refractivity contribution in [2.75, 3.05) is 13.7 Å². The molecule has 0 unspecified atom stereocenters. The van der Waals surface area contributed by atoms with E-state index < -0.39 is 0 Å². The molecule has 3 heteroatoms. The lowest BCUT2D eigenvalue weighted by Crippen LogP contribution is -2.54. The van der Waals surface area contributed by atoms with Gasteiger partial charge in [-0.15, -0.1) is 0 Å². The van der Waals surface area contributed by atoms with E-state index in [0.29, 0.717) is 11.8 Å². The van der Waals surface area contributed by atoms with Crippen LogP contribution in [0.4, 0.5) is 0 Å². The van der Waals surface area contributed by atoms with Crippen LogP contribution in [0.15, 0.2) is 0 Å². The Kier molecular flexibility index (Phi) is 5.14. The number of aliphatic hydroxyl groups excluding tert-OH is 1. The molecule has 1 saturated heterocycles. The van der Waals surface area contributed by atoms with Crippen LogP contribution < -0.4 is 0 Å². The van der Waals surface area contributed by atoms with Crippen molar-refractivity contribution in [2.45, 2.75) is 71.2 Å². The second-order valence-electron chi connectivity index (χ2n) is 7.55. The summed E-state index contributed by atoms with van der Waals surface area (Å²) in [4.78, 5) is 0. The molecule has 1 spiro atoms. The Bertz CT molecular complexity index is 311. The topological polar surface area (TPSA) is 42.0 Å². The Labute approximate surface area is 124 Å². The number of rotatable bonds is 6. The molecule has 2 fully saturated rings. The second kappa shape index (κ2) is 6.33. The Balaban J connectivity index is 2.02. The number of methoxy groups -OCH3 is 1. The van der Waals surface area contributed by atoms with Gasteiger partial charge in [-0.2, -0.15) is 0 Å². The van der Waals surface area contributed by atoms with Crippen LogP contribution in [0.5, 0.6) is 0 Å². The van der Waals surface area contributed by atoms with Crippen molar-refractivity contribution in [3.8, 4) is 0 Å². The molecule has 1 aliphatic carbocycles. The fourth-order valence-electron chi connectivity index (χ4n) is 4.20. The van der Waals surface area contributed by atoms with Gasteiger partial charge in [-0.05, 0) is 24.2 Å².